The van der Waals surface area contributed by atoms with Crippen molar-refractivity contribution in [3.8, 4) is 0 Å². The molecule has 0 aromatic heterocycles. The Morgan fingerprint density at radius 2 is 1.94 bits per heavy atom. The lowest BCUT2D eigenvalue weighted by Crippen LogP contribution is -2.09. The quantitative estimate of drug-likeness (QED) is 0.509. The van der Waals surface area contributed by atoms with E-state index in [1.807, 2.05) is 0 Å². The van der Waals surface area contributed by atoms with Crippen LogP contribution in [0.25, 0.3) is 0 Å². The van der Waals surface area contributed by atoms with E-state index in [1.165, 1.54) is 12.8 Å². The fraction of sp³-hybridized carbons (Fsp3) is 0.500. The van der Waals surface area contributed by atoms with Crippen molar-refractivity contribution < 1.29 is 9.53 Å². The number of hydrogen-bond acceptors (Lipinski definition) is 2. The zero-order valence-corrected chi connectivity index (χ0v) is 12.1. The average molecular weight is 289 g/mol. The van der Waals surface area contributed by atoms with Crippen molar-refractivity contribution in [3.05, 3.63) is 33.8 Å². The van der Waals surface area contributed by atoms with Gasteiger partial charge in [0.15, 0.2) is 5.78 Å². The van der Waals surface area contributed by atoms with Crippen LogP contribution in [0.4, 0.5) is 0 Å². The third kappa shape index (κ3) is 5.38. The molecule has 0 atom stereocenters. The minimum atomic E-state index is -0.0657. The molecule has 1 aromatic rings. The maximum atomic E-state index is 11.8. The predicted octanol–water partition coefficient (Wildman–Crippen LogP) is 4.77. The summed E-state index contributed by atoms with van der Waals surface area (Å²) < 4.78 is 5.34. The molecule has 100 valence electrons. The van der Waals surface area contributed by atoms with Crippen molar-refractivity contribution in [3.63, 3.8) is 0 Å². The van der Waals surface area contributed by atoms with Gasteiger partial charge < -0.3 is 4.74 Å². The molecule has 0 fully saturated rings. The second-order valence-corrected chi connectivity index (χ2v) is 4.98. The van der Waals surface area contributed by atoms with Crippen LogP contribution < -0.4 is 0 Å². The molecule has 0 N–H and O–H groups in total. The lowest BCUT2D eigenvalue weighted by molar-refractivity contribution is 0.0752. The summed E-state index contributed by atoms with van der Waals surface area (Å²) >= 11 is 11.6. The van der Waals surface area contributed by atoms with Gasteiger partial charge in [0, 0.05) is 12.2 Å². The first-order valence-electron chi connectivity index (χ1n) is 6.21. The Labute approximate surface area is 118 Å². The summed E-state index contributed by atoms with van der Waals surface area (Å²) in [6.45, 7) is 2.89. The Kier molecular flexibility index (Phi) is 7.33. The summed E-state index contributed by atoms with van der Waals surface area (Å²) in [6.07, 6.45) is 4.56. The summed E-state index contributed by atoms with van der Waals surface area (Å²) in [6, 6.07) is 4.86. The van der Waals surface area contributed by atoms with Crippen molar-refractivity contribution in [1.29, 1.82) is 0 Å². The molecule has 0 spiro atoms. The van der Waals surface area contributed by atoms with Crippen LogP contribution in [-0.4, -0.2) is 19.0 Å². The highest BCUT2D eigenvalue weighted by Crippen LogP contribution is 2.22. The first-order chi connectivity index (χ1) is 8.65. The summed E-state index contributed by atoms with van der Waals surface area (Å²) in [5, 5.41) is 0.846. The first-order valence-corrected chi connectivity index (χ1v) is 6.96. The van der Waals surface area contributed by atoms with Crippen LogP contribution in [0.5, 0.6) is 0 Å². The second-order valence-electron chi connectivity index (χ2n) is 4.17. The third-order valence-electron chi connectivity index (χ3n) is 2.62. The largest absolute Gasteiger partial charge is 0.373 e. The third-order valence-corrected chi connectivity index (χ3v) is 3.36. The molecule has 0 bridgehead atoms. The zero-order valence-electron chi connectivity index (χ0n) is 10.5. The molecule has 0 saturated carbocycles. The highest BCUT2D eigenvalue weighted by Gasteiger charge is 2.08. The van der Waals surface area contributed by atoms with Crippen LogP contribution in [0, 0.1) is 0 Å². The lowest BCUT2D eigenvalue weighted by atomic mass is 10.1. The number of hydrogen-bond donors (Lipinski definition) is 0. The molecule has 0 heterocycles. The summed E-state index contributed by atoms with van der Waals surface area (Å²) in [5.74, 6) is -0.0657. The van der Waals surface area contributed by atoms with Crippen LogP contribution >= 0.6 is 23.2 Å². The van der Waals surface area contributed by atoms with Gasteiger partial charge in [0.25, 0.3) is 0 Å². The monoisotopic (exact) mass is 288 g/mol. The van der Waals surface area contributed by atoms with Crippen molar-refractivity contribution in [2.75, 3.05) is 13.2 Å². The van der Waals surface area contributed by atoms with Gasteiger partial charge >= 0.3 is 0 Å². The molecule has 1 aromatic carbocycles. The second kappa shape index (κ2) is 8.52. The Bertz CT molecular complexity index is 391. The predicted molar refractivity (Wildman–Crippen MR) is 75.8 cm³/mol. The summed E-state index contributed by atoms with van der Waals surface area (Å²) in [4.78, 5) is 11.8. The number of Topliss-reactive ketones (excluding diaryl/α,β-unsaturated/α-hetero) is 1. The molecule has 2 nitrogen and oxygen atoms in total. The Hall–Kier alpha value is -0.570. The highest BCUT2D eigenvalue weighted by atomic mass is 35.5. The van der Waals surface area contributed by atoms with Gasteiger partial charge in [0.2, 0.25) is 0 Å². The molecule has 0 amide bonds. The standard InChI is InChI=1S/C14H18Cl2O2/c1-2-3-4-5-8-18-10-14(17)11-6-7-12(15)13(16)9-11/h6-7,9H,2-5,8,10H2,1H3. The molecule has 0 unspecified atom stereocenters. The van der Waals surface area contributed by atoms with Gasteiger partial charge in [-0.25, -0.2) is 0 Å². The van der Waals surface area contributed by atoms with Crippen LogP contribution in [0.3, 0.4) is 0 Å². The maximum Gasteiger partial charge on any atom is 0.188 e. The topological polar surface area (TPSA) is 26.3 Å². The number of halogens is 2. The number of carbonyl (C=O) groups is 1. The van der Waals surface area contributed by atoms with Crippen molar-refractivity contribution in [2.24, 2.45) is 0 Å². The minimum absolute atomic E-state index is 0.0657. The summed E-state index contributed by atoms with van der Waals surface area (Å²) in [7, 11) is 0. The number of benzene rings is 1. The molecule has 0 saturated heterocycles. The molecule has 0 aliphatic carbocycles. The van der Waals surface area contributed by atoms with Gasteiger partial charge in [-0.05, 0) is 24.6 Å². The van der Waals surface area contributed by atoms with E-state index in [9.17, 15) is 4.79 Å². The van der Waals surface area contributed by atoms with Gasteiger partial charge in [-0.3, -0.25) is 4.79 Å². The van der Waals surface area contributed by atoms with Crippen molar-refractivity contribution >= 4 is 29.0 Å². The normalized spacial score (nSPS) is 10.6. The Balaban J connectivity index is 2.30. The van der Waals surface area contributed by atoms with Crippen LogP contribution in [-0.2, 0) is 4.74 Å². The summed E-state index contributed by atoms with van der Waals surface area (Å²) in [5.41, 5.74) is 0.540. The van der Waals surface area contributed by atoms with E-state index in [4.69, 9.17) is 27.9 Å². The van der Waals surface area contributed by atoms with Gasteiger partial charge in [-0.2, -0.15) is 0 Å². The van der Waals surface area contributed by atoms with Crippen LogP contribution in [0.1, 0.15) is 43.0 Å². The van der Waals surface area contributed by atoms with E-state index in [1.54, 1.807) is 18.2 Å². The molecular weight excluding hydrogens is 271 g/mol. The molecule has 0 radical (unpaired) electrons. The average Bonchev–Trinajstić information content (AvgIpc) is 2.36. The first kappa shape index (κ1) is 15.5. The van der Waals surface area contributed by atoms with E-state index in [0.29, 0.717) is 22.2 Å². The lowest BCUT2D eigenvalue weighted by Gasteiger charge is -2.04. The number of ether oxygens (including phenoxy) is 1. The number of ketones is 1. The molecular formula is C14H18Cl2O2. The van der Waals surface area contributed by atoms with Crippen molar-refractivity contribution in [2.45, 2.75) is 32.6 Å². The smallest absolute Gasteiger partial charge is 0.188 e. The van der Waals surface area contributed by atoms with Gasteiger partial charge in [-0.15, -0.1) is 0 Å². The molecule has 1 rings (SSSR count). The van der Waals surface area contributed by atoms with E-state index in [2.05, 4.69) is 6.92 Å². The number of rotatable bonds is 8. The fourth-order valence-corrected chi connectivity index (χ4v) is 1.85. The SMILES string of the molecule is CCCCCCOCC(=O)c1ccc(Cl)c(Cl)c1. The Morgan fingerprint density at radius 3 is 2.61 bits per heavy atom. The van der Waals surface area contributed by atoms with Gasteiger partial charge in [0.05, 0.1) is 10.0 Å². The molecule has 18 heavy (non-hydrogen) atoms. The van der Waals surface area contributed by atoms with Gasteiger partial charge in [0.1, 0.15) is 6.61 Å². The van der Waals surface area contributed by atoms with Crippen LogP contribution in [0.2, 0.25) is 10.0 Å². The highest BCUT2D eigenvalue weighted by molar-refractivity contribution is 6.42. The zero-order chi connectivity index (χ0) is 13.4. The van der Waals surface area contributed by atoms with E-state index >= 15 is 0 Å². The van der Waals surface area contributed by atoms with E-state index < -0.39 is 0 Å². The van der Waals surface area contributed by atoms with E-state index in [0.717, 1.165) is 12.8 Å². The molecule has 0 aliphatic heterocycles. The molecule has 0 aliphatic rings. The Morgan fingerprint density at radius 1 is 1.17 bits per heavy atom. The van der Waals surface area contributed by atoms with Crippen LogP contribution in [0.15, 0.2) is 18.2 Å². The number of unbranched alkanes of at least 4 members (excludes halogenated alkanes) is 3. The van der Waals surface area contributed by atoms with Crippen molar-refractivity contribution in [1.82, 2.24) is 0 Å². The molecule has 4 heteroatoms. The fourth-order valence-electron chi connectivity index (χ4n) is 1.55. The number of carbonyl (C=O) groups excluding carboxylic acids is 1. The van der Waals surface area contributed by atoms with E-state index in [-0.39, 0.29) is 12.4 Å². The van der Waals surface area contributed by atoms with Gasteiger partial charge in [-0.1, -0.05) is 49.4 Å². The minimum Gasteiger partial charge on any atom is -0.373 e. The maximum absolute atomic E-state index is 11.8.